The van der Waals surface area contributed by atoms with Gasteiger partial charge < -0.3 is 14.8 Å². The predicted molar refractivity (Wildman–Crippen MR) is 80.4 cm³/mol. The molecule has 21 heavy (non-hydrogen) atoms. The minimum Gasteiger partial charge on any atom is -0.487 e. The molecule has 7 heteroatoms. The first-order chi connectivity index (χ1) is 10.2. The van der Waals surface area contributed by atoms with E-state index in [0.29, 0.717) is 24.8 Å². The molecule has 0 spiro atoms. The lowest BCUT2D eigenvalue weighted by Gasteiger charge is -2.13. The van der Waals surface area contributed by atoms with Gasteiger partial charge in [-0.3, -0.25) is 4.68 Å². The van der Waals surface area contributed by atoms with Crippen LogP contribution in [0.2, 0.25) is 5.02 Å². The Morgan fingerprint density at radius 2 is 2.24 bits per heavy atom. The molecule has 2 aromatic rings. The predicted octanol–water partition coefficient (Wildman–Crippen LogP) is 1.78. The van der Waals surface area contributed by atoms with Crippen LogP contribution in [0.1, 0.15) is 11.3 Å². The Labute approximate surface area is 129 Å². The number of methoxy groups -OCH3 is 1. The highest BCUT2D eigenvalue weighted by molar-refractivity contribution is 6.31. The van der Waals surface area contributed by atoms with Crippen molar-refractivity contribution in [1.82, 2.24) is 20.3 Å². The van der Waals surface area contributed by atoms with Crippen molar-refractivity contribution in [3.63, 3.8) is 0 Å². The van der Waals surface area contributed by atoms with Crippen molar-refractivity contribution in [2.24, 2.45) is 7.05 Å². The summed E-state index contributed by atoms with van der Waals surface area (Å²) >= 11 is 6.24. The van der Waals surface area contributed by atoms with Crippen molar-refractivity contribution in [2.75, 3.05) is 20.3 Å². The van der Waals surface area contributed by atoms with Crippen molar-refractivity contribution in [3.8, 4) is 5.75 Å². The van der Waals surface area contributed by atoms with Gasteiger partial charge in [0.1, 0.15) is 18.1 Å². The molecule has 0 aliphatic carbocycles. The second kappa shape index (κ2) is 7.97. The molecule has 1 heterocycles. The minimum absolute atomic E-state index is 0.360. The summed E-state index contributed by atoms with van der Waals surface area (Å²) in [6, 6.07) is 5.62. The van der Waals surface area contributed by atoms with Gasteiger partial charge in [-0.15, -0.1) is 5.10 Å². The molecule has 114 valence electrons. The van der Waals surface area contributed by atoms with Gasteiger partial charge in [-0.2, -0.15) is 0 Å². The molecule has 0 radical (unpaired) electrons. The molecular formula is C14H19ClN4O2. The highest BCUT2D eigenvalue weighted by Crippen LogP contribution is 2.26. The highest BCUT2D eigenvalue weighted by atomic mass is 35.5. The summed E-state index contributed by atoms with van der Waals surface area (Å²) < 4.78 is 12.4. The highest BCUT2D eigenvalue weighted by Gasteiger charge is 2.09. The van der Waals surface area contributed by atoms with E-state index in [1.54, 1.807) is 11.8 Å². The molecule has 6 nitrogen and oxygen atoms in total. The summed E-state index contributed by atoms with van der Waals surface area (Å²) in [4.78, 5) is 0. The average Bonchev–Trinajstić information content (AvgIpc) is 2.89. The molecule has 1 aromatic heterocycles. The normalized spacial score (nSPS) is 10.8. The average molecular weight is 311 g/mol. The van der Waals surface area contributed by atoms with E-state index in [1.807, 2.05) is 31.4 Å². The third-order valence-corrected chi connectivity index (χ3v) is 3.24. The summed E-state index contributed by atoms with van der Waals surface area (Å²) in [6.07, 6.45) is 1.82. The van der Waals surface area contributed by atoms with Gasteiger partial charge in [0.2, 0.25) is 0 Å². The molecule has 0 bridgehead atoms. The van der Waals surface area contributed by atoms with Crippen LogP contribution in [0.5, 0.6) is 5.75 Å². The van der Waals surface area contributed by atoms with E-state index < -0.39 is 0 Å². The van der Waals surface area contributed by atoms with E-state index in [1.165, 1.54) is 0 Å². The van der Waals surface area contributed by atoms with Crippen LogP contribution < -0.4 is 10.1 Å². The summed E-state index contributed by atoms with van der Waals surface area (Å²) in [5.41, 5.74) is 1.70. The van der Waals surface area contributed by atoms with E-state index in [0.717, 1.165) is 23.6 Å². The molecule has 0 aliphatic rings. The second-order valence-corrected chi connectivity index (χ2v) is 4.97. The Balaban J connectivity index is 1.99. The third kappa shape index (κ3) is 4.70. The standard InChI is InChI=1S/C14H19ClN4O2/c1-19-9-11(17-18-19)10-21-14-5-3-4-13(15)12(14)8-16-6-7-20-2/h3-5,9,16H,6-8,10H2,1-2H3. The van der Waals surface area contributed by atoms with E-state index in [-0.39, 0.29) is 0 Å². The summed E-state index contributed by atoms with van der Waals surface area (Å²) in [5, 5.41) is 11.8. The summed E-state index contributed by atoms with van der Waals surface area (Å²) in [7, 11) is 3.49. The summed E-state index contributed by atoms with van der Waals surface area (Å²) in [5.74, 6) is 0.748. The van der Waals surface area contributed by atoms with Gasteiger partial charge in [0.15, 0.2) is 0 Å². The monoisotopic (exact) mass is 310 g/mol. The second-order valence-electron chi connectivity index (χ2n) is 4.56. The van der Waals surface area contributed by atoms with Crippen molar-refractivity contribution in [2.45, 2.75) is 13.2 Å². The number of hydrogen-bond acceptors (Lipinski definition) is 5. The topological polar surface area (TPSA) is 61.2 Å². The number of hydrogen-bond donors (Lipinski definition) is 1. The number of nitrogens with one attached hydrogen (secondary N) is 1. The van der Waals surface area contributed by atoms with E-state index in [9.17, 15) is 0 Å². The van der Waals surface area contributed by atoms with Crippen LogP contribution in [-0.4, -0.2) is 35.3 Å². The lowest BCUT2D eigenvalue weighted by Crippen LogP contribution is -2.19. The molecule has 0 saturated heterocycles. The maximum Gasteiger partial charge on any atom is 0.134 e. The Hall–Kier alpha value is -1.63. The van der Waals surface area contributed by atoms with Crippen molar-refractivity contribution in [1.29, 1.82) is 0 Å². The maximum atomic E-state index is 6.24. The number of rotatable bonds is 8. The molecule has 1 aromatic carbocycles. The molecule has 0 aliphatic heterocycles. The SMILES string of the molecule is COCCNCc1c(Cl)cccc1OCc1cn(C)nn1. The maximum absolute atomic E-state index is 6.24. The van der Waals surface area contributed by atoms with Crippen LogP contribution >= 0.6 is 11.6 Å². The molecule has 0 saturated carbocycles. The van der Waals surface area contributed by atoms with Gasteiger partial charge in [-0.25, -0.2) is 0 Å². The molecule has 0 atom stereocenters. The number of benzene rings is 1. The van der Waals surface area contributed by atoms with Crippen LogP contribution in [0, 0.1) is 0 Å². The van der Waals surface area contributed by atoms with Gasteiger partial charge in [-0.05, 0) is 12.1 Å². The van der Waals surface area contributed by atoms with E-state index in [4.69, 9.17) is 21.1 Å². The zero-order valence-corrected chi connectivity index (χ0v) is 12.9. The number of nitrogens with zero attached hydrogens (tertiary/aromatic N) is 3. The van der Waals surface area contributed by atoms with Crippen molar-refractivity contribution < 1.29 is 9.47 Å². The Morgan fingerprint density at radius 1 is 1.38 bits per heavy atom. The van der Waals surface area contributed by atoms with Gasteiger partial charge in [-0.1, -0.05) is 22.9 Å². The van der Waals surface area contributed by atoms with E-state index >= 15 is 0 Å². The quantitative estimate of drug-likeness (QED) is 0.753. The van der Waals surface area contributed by atoms with Crippen LogP contribution in [0.4, 0.5) is 0 Å². The number of halogens is 1. The molecule has 0 unspecified atom stereocenters. The Kier molecular flexibility index (Phi) is 5.98. The first kappa shape index (κ1) is 15.8. The molecular weight excluding hydrogens is 292 g/mol. The fourth-order valence-corrected chi connectivity index (χ4v) is 2.08. The first-order valence-electron chi connectivity index (χ1n) is 6.65. The minimum atomic E-state index is 0.360. The zero-order valence-electron chi connectivity index (χ0n) is 12.2. The van der Waals surface area contributed by atoms with Gasteiger partial charge >= 0.3 is 0 Å². The van der Waals surface area contributed by atoms with E-state index in [2.05, 4.69) is 15.6 Å². The van der Waals surface area contributed by atoms with Gasteiger partial charge in [0, 0.05) is 37.8 Å². The number of ether oxygens (including phenoxy) is 2. The fraction of sp³-hybridized carbons (Fsp3) is 0.429. The van der Waals surface area contributed by atoms with Crippen LogP contribution in [-0.2, 0) is 24.9 Å². The third-order valence-electron chi connectivity index (χ3n) is 2.89. The number of aromatic nitrogens is 3. The fourth-order valence-electron chi connectivity index (χ4n) is 1.85. The zero-order chi connectivity index (χ0) is 15.1. The Bertz CT molecular complexity index is 574. The molecule has 1 N–H and O–H groups in total. The Morgan fingerprint density at radius 3 is 2.95 bits per heavy atom. The van der Waals surface area contributed by atoms with Crippen molar-refractivity contribution in [3.05, 3.63) is 40.7 Å². The molecule has 0 amide bonds. The van der Waals surface area contributed by atoms with Crippen LogP contribution in [0.15, 0.2) is 24.4 Å². The molecule has 0 fully saturated rings. The largest absolute Gasteiger partial charge is 0.487 e. The summed E-state index contributed by atoms with van der Waals surface area (Å²) in [6.45, 7) is 2.39. The number of aryl methyl sites for hydroxylation is 1. The van der Waals surface area contributed by atoms with Crippen LogP contribution in [0.25, 0.3) is 0 Å². The lowest BCUT2D eigenvalue weighted by molar-refractivity contribution is 0.199. The molecule has 2 rings (SSSR count). The first-order valence-corrected chi connectivity index (χ1v) is 7.03. The van der Waals surface area contributed by atoms with Crippen molar-refractivity contribution >= 4 is 11.6 Å². The lowest BCUT2D eigenvalue weighted by atomic mass is 10.2. The van der Waals surface area contributed by atoms with Gasteiger partial charge in [0.25, 0.3) is 0 Å². The van der Waals surface area contributed by atoms with Crippen LogP contribution in [0.3, 0.4) is 0 Å². The van der Waals surface area contributed by atoms with Gasteiger partial charge in [0.05, 0.1) is 12.8 Å². The smallest absolute Gasteiger partial charge is 0.134 e.